The van der Waals surface area contributed by atoms with Gasteiger partial charge in [-0.25, -0.2) is 4.79 Å². The van der Waals surface area contributed by atoms with Crippen molar-refractivity contribution < 1.29 is 14.3 Å². The minimum absolute atomic E-state index is 0.0359. The maximum atomic E-state index is 11.9. The van der Waals surface area contributed by atoms with Crippen LogP contribution in [-0.2, 0) is 22.4 Å². The van der Waals surface area contributed by atoms with Crippen molar-refractivity contribution in [1.82, 2.24) is 0 Å². The Morgan fingerprint density at radius 2 is 1.90 bits per heavy atom. The van der Waals surface area contributed by atoms with Crippen LogP contribution in [0.4, 0.5) is 5.00 Å². The van der Waals surface area contributed by atoms with Crippen molar-refractivity contribution in [3.05, 3.63) is 16.0 Å². The van der Waals surface area contributed by atoms with E-state index in [1.54, 1.807) is 0 Å². The zero-order chi connectivity index (χ0) is 15.8. The Balaban J connectivity index is 0.00000106. The van der Waals surface area contributed by atoms with Crippen molar-refractivity contribution in [3.8, 4) is 0 Å². The minimum atomic E-state index is -0.341. The lowest BCUT2D eigenvalue weighted by Gasteiger charge is -2.11. The molecule has 4 nitrogen and oxygen atoms in total. The van der Waals surface area contributed by atoms with Crippen LogP contribution in [-0.4, -0.2) is 19.0 Å². The van der Waals surface area contributed by atoms with Gasteiger partial charge in [-0.2, -0.15) is 0 Å². The average Bonchev–Trinajstić information content (AvgIpc) is 2.86. The first kappa shape index (κ1) is 17.7. The number of aryl methyl sites for hydroxylation is 1. The highest BCUT2D eigenvalue weighted by molar-refractivity contribution is 7.17. The standard InChI is InChI=1S/C14H19NO3S.C2H6/c1-3-6-11(16)15-13-12(14(17)18-2)9-7-4-5-8-10(9)19-13;1-2/h3-8H2,1-2H3,(H,15,16);1-2H3. The third kappa shape index (κ3) is 4.30. The summed E-state index contributed by atoms with van der Waals surface area (Å²) in [7, 11) is 1.38. The van der Waals surface area contributed by atoms with Crippen molar-refractivity contribution in [2.75, 3.05) is 12.4 Å². The predicted octanol–water partition coefficient (Wildman–Crippen LogP) is 4.18. The van der Waals surface area contributed by atoms with E-state index in [-0.39, 0.29) is 11.9 Å². The molecule has 1 aliphatic rings. The third-order valence-electron chi connectivity index (χ3n) is 3.29. The summed E-state index contributed by atoms with van der Waals surface area (Å²) in [5, 5.41) is 3.53. The number of amides is 1. The number of rotatable bonds is 4. The van der Waals surface area contributed by atoms with Crippen molar-refractivity contribution in [3.63, 3.8) is 0 Å². The number of nitrogens with one attached hydrogen (secondary N) is 1. The zero-order valence-corrected chi connectivity index (χ0v) is 14.2. The molecule has 0 aliphatic heterocycles. The summed E-state index contributed by atoms with van der Waals surface area (Å²) in [5.41, 5.74) is 1.65. The van der Waals surface area contributed by atoms with Crippen molar-refractivity contribution in [1.29, 1.82) is 0 Å². The van der Waals surface area contributed by atoms with Gasteiger partial charge in [-0.15, -0.1) is 11.3 Å². The molecule has 1 heterocycles. The van der Waals surface area contributed by atoms with Gasteiger partial charge in [0.05, 0.1) is 12.7 Å². The van der Waals surface area contributed by atoms with Crippen LogP contribution in [0.5, 0.6) is 0 Å². The molecule has 1 amide bonds. The van der Waals surface area contributed by atoms with Crippen molar-refractivity contribution in [2.45, 2.75) is 59.3 Å². The molecule has 1 aliphatic carbocycles. The highest BCUT2D eigenvalue weighted by atomic mass is 32.1. The van der Waals surface area contributed by atoms with Gasteiger partial charge in [0.2, 0.25) is 5.91 Å². The first-order chi connectivity index (χ1) is 10.2. The maximum absolute atomic E-state index is 11.9. The molecule has 0 atom stereocenters. The van der Waals surface area contributed by atoms with E-state index in [1.807, 2.05) is 20.8 Å². The van der Waals surface area contributed by atoms with Crippen LogP contribution >= 0.6 is 11.3 Å². The van der Waals surface area contributed by atoms with Crippen LogP contribution in [0.3, 0.4) is 0 Å². The number of methoxy groups -OCH3 is 1. The quantitative estimate of drug-likeness (QED) is 0.849. The fourth-order valence-electron chi connectivity index (χ4n) is 2.39. The van der Waals surface area contributed by atoms with Gasteiger partial charge in [-0.05, 0) is 37.7 Å². The summed E-state index contributed by atoms with van der Waals surface area (Å²) < 4.78 is 4.86. The molecule has 1 aromatic rings. The molecule has 0 spiro atoms. The Morgan fingerprint density at radius 3 is 2.52 bits per heavy atom. The molecule has 0 aromatic carbocycles. The molecular weight excluding hydrogens is 286 g/mol. The maximum Gasteiger partial charge on any atom is 0.341 e. The number of fused-ring (bicyclic) bond motifs is 1. The second-order valence-corrected chi connectivity index (χ2v) is 5.81. The summed E-state index contributed by atoms with van der Waals surface area (Å²) >= 11 is 1.53. The van der Waals surface area contributed by atoms with E-state index in [2.05, 4.69) is 5.32 Å². The molecule has 0 saturated heterocycles. The van der Waals surface area contributed by atoms with Gasteiger partial charge in [0.15, 0.2) is 0 Å². The molecule has 0 bridgehead atoms. The van der Waals surface area contributed by atoms with Crippen LogP contribution in [0.1, 0.15) is 67.3 Å². The Morgan fingerprint density at radius 1 is 1.24 bits per heavy atom. The van der Waals surface area contributed by atoms with Crippen molar-refractivity contribution in [2.24, 2.45) is 0 Å². The van der Waals surface area contributed by atoms with E-state index in [0.717, 1.165) is 37.7 Å². The third-order valence-corrected chi connectivity index (χ3v) is 4.50. The monoisotopic (exact) mass is 311 g/mol. The number of hydrogen-bond donors (Lipinski definition) is 1. The summed E-state index contributed by atoms with van der Waals surface area (Å²) in [5.74, 6) is -0.377. The Bertz CT molecular complexity index is 494. The van der Waals surface area contributed by atoms with Gasteiger partial charge in [0.25, 0.3) is 0 Å². The number of ether oxygens (including phenoxy) is 1. The van der Waals surface area contributed by atoms with Gasteiger partial charge < -0.3 is 10.1 Å². The summed E-state index contributed by atoms with van der Waals surface area (Å²) in [6.45, 7) is 5.96. The molecule has 0 radical (unpaired) electrons. The van der Waals surface area contributed by atoms with E-state index >= 15 is 0 Å². The topological polar surface area (TPSA) is 55.4 Å². The smallest absolute Gasteiger partial charge is 0.341 e. The van der Waals surface area contributed by atoms with E-state index in [0.29, 0.717) is 17.0 Å². The van der Waals surface area contributed by atoms with Gasteiger partial charge in [-0.1, -0.05) is 20.8 Å². The molecule has 118 valence electrons. The lowest BCUT2D eigenvalue weighted by atomic mass is 9.95. The highest BCUT2D eigenvalue weighted by Crippen LogP contribution is 2.38. The van der Waals surface area contributed by atoms with E-state index in [4.69, 9.17) is 4.74 Å². The summed E-state index contributed by atoms with van der Waals surface area (Å²) in [6, 6.07) is 0. The fraction of sp³-hybridized carbons (Fsp3) is 0.625. The molecule has 1 N–H and O–H groups in total. The van der Waals surface area contributed by atoms with E-state index in [1.165, 1.54) is 23.3 Å². The van der Waals surface area contributed by atoms with E-state index in [9.17, 15) is 9.59 Å². The van der Waals surface area contributed by atoms with Crippen LogP contribution in [0, 0.1) is 0 Å². The van der Waals surface area contributed by atoms with Gasteiger partial charge in [0.1, 0.15) is 5.00 Å². The molecular formula is C16H25NO3S. The normalized spacial score (nSPS) is 12.8. The first-order valence-corrected chi connectivity index (χ1v) is 8.51. The number of carbonyl (C=O) groups is 2. The second kappa shape index (κ2) is 8.82. The Labute approximate surface area is 130 Å². The van der Waals surface area contributed by atoms with Gasteiger partial charge in [-0.3, -0.25) is 4.79 Å². The molecule has 5 heteroatoms. The lowest BCUT2D eigenvalue weighted by molar-refractivity contribution is -0.116. The number of esters is 1. The molecule has 0 unspecified atom stereocenters. The number of hydrogen-bond acceptors (Lipinski definition) is 4. The first-order valence-electron chi connectivity index (χ1n) is 7.70. The second-order valence-electron chi connectivity index (χ2n) is 4.70. The molecule has 21 heavy (non-hydrogen) atoms. The van der Waals surface area contributed by atoms with Crippen LogP contribution in [0.15, 0.2) is 0 Å². The fourth-order valence-corrected chi connectivity index (χ4v) is 3.68. The number of carbonyl (C=O) groups excluding carboxylic acids is 2. The Kier molecular flexibility index (Phi) is 7.43. The zero-order valence-electron chi connectivity index (χ0n) is 13.4. The van der Waals surface area contributed by atoms with Crippen LogP contribution < -0.4 is 5.32 Å². The number of thiophene rings is 1. The number of anilines is 1. The van der Waals surface area contributed by atoms with Gasteiger partial charge >= 0.3 is 5.97 Å². The minimum Gasteiger partial charge on any atom is -0.465 e. The van der Waals surface area contributed by atoms with Gasteiger partial charge in [0, 0.05) is 11.3 Å². The van der Waals surface area contributed by atoms with Crippen molar-refractivity contribution >= 4 is 28.2 Å². The SMILES string of the molecule is CC.CCCC(=O)Nc1sc2c(c1C(=O)OC)CCCC2. The van der Waals surface area contributed by atoms with E-state index < -0.39 is 0 Å². The average molecular weight is 311 g/mol. The highest BCUT2D eigenvalue weighted by Gasteiger charge is 2.26. The van der Waals surface area contributed by atoms with Crippen LogP contribution in [0.25, 0.3) is 0 Å². The molecule has 2 rings (SSSR count). The summed E-state index contributed by atoms with van der Waals surface area (Å²) in [6.07, 6.45) is 5.41. The van der Waals surface area contributed by atoms with Crippen LogP contribution in [0.2, 0.25) is 0 Å². The Hall–Kier alpha value is -1.36. The molecule has 0 fully saturated rings. The largest absolute Gasteiger partial charge is 0.465 e. The lowest BCUT2D eigenvalue weighted by Crippen LogP contribution is -2.14. The summed E-state index contributed by atoms with van der Waals surface area (Å²) in [4.78, 5) is 24.9. The molecule has 1 aromatic heterocycles. The molecule has 0 saturated carbocycles. The predicted molar refractivity (Wildman–Crippen MR) is 87.2 cm³/mol.